The highest BCUT2D eigenvalue weighted by Crippen LogP contribution is 2.15. The Kier molecular flexibility index (Phi) is 4.35. The van der Waals surface area contributed by atoms with Crippen LogP contribution in [-0.4, -0.2) is 35.2 Å². The number of rotatable bonds is 4. The third-order valence-corrected chi connectivity index (χ3v) is 3.92. The fraction of sp³-hybridized carbons (Fsp3) is 0.353. The zero-order valence-corrected chi connectivity index (χ0v) is 15.0. The summed E-state index contributed by atoms with van der Waals surface area (Å²) in [4.78, 5) is 25.5. The molecule has 0 bridgehead atoms. The molecule has 25 heavy (non-hydrogen) atoms. The molecule has 3 heterocycles. The van der Waals surface area contributed by atoms with Crippen LogP contribution < -0.4 is 5.32 Å². The lowest BCUT2D eigenvalue weighted by molar-refractivity contribution is -0.116. The Morgan fingerprint density at radius 3 is 2.32 bits per heavy atom. The van der Waals surface area contributed by atoms with E-state index in [-0.39, 0.29) is 12.5 Å². The maximum Gasteiger partial charge on any atom is 0.252 e. The number of hydrogen-bond donors (Lipinski definition) is 1. The van der Waals surface area contributed by atoms with Crippen molar-refractivity contribution < 1.29 is 4.79 Å². The van der Waals surface area contributed by atoms with Crippen molar-refractivity contribution in [1.82, 2.24) is 29.3 Å². The Hall–Kier alpha value is -3.03. The molecule has 0 aliphatic heterocycles. The molecular weight excluding hydrogens is 318 g/mol. The summed E-state index contributed by atoms with van der Waals surface area (Å²) in [6.07, 6.45) is 1.67. The maximum atomic E-state index is 12.4. The molecule has 0 spiro atoms. The van der Waals surface area contributed by atoms with Crippen molar-refractivity contribution in [3.05, 3.63) is 46.9 Å². The van der Waals surface area contributed by atoms with Gasteiger partial charge in [-0.25, -0.2) is 15.0 Å². The van der Waals surface area contributed by atoms with E-state index in [1.54, 1.807) is 17.1 Å². The van der Waals surface area contributed by atoms with Crippen LogP contribution in [0.4, 0.5) is 5.82 Å². The van der Waals surface area contributed by atoms with Gasteiger partial charge in [-0.05, 0) is 40.7 Å². The van der Waals surface area contributed by atoms with Crippen molar-refractivity contribution in [1.29, 1.82) is 0 Å². The van der Waals surface area contributed by atoms with Crippen molar-refractivity contribution in [2.24, 2.45) is 0 Å². The molecule has 0 aliphatic carbocycles. The summed E-state index contributed by atoms with van der Waals surface area (Å²) in [5.74, 6) is 0.823. The van der Waals surface area contributed by atoms with Crippen LogP contribution in [0.5, 0.6) is 0 Å². The van der Waals surface area contributed by atoms with Crippen LogP contribution in [0.15, 0.2) is 18.5 Å². The van der Waals surface area contributed by atoms with E-state index >= 15 is 0 Å². The molecule has 1 N–H and O–H groups in total. The number of carbonyl (C=O) groups is 1. The lowest BCUT2D eigenvalue weighted by Gasteiger charge is -2.10. The van der Waals surface area contributed by atoms with Gasteiger partial charge in [-0.3, -0.25) is 4.79 Å². The van der Waals surface area contributed by atoms with E-state index in [4.69, 9.17) is 0 Å². The molecule has 0 radical (unpaired) electrons. The average Bonchev–Trinajstić information content (AvgIpc) is 3.03. The molecule has 0 fully saturated rings. The summed E-state index contributed by atoms with van der Waals surface area (Å²) >= 11 is 0. The molecule has 0 unspecified atom stereocenters. The van der Waals surface area contributed by atoms with Gasteiger partial charge in [0.05, 0.1) is 17.7 Å². The van der Waals surface area contributed by atoms with Crippen LogP contribution in [0.1, 0.15) is 28.5 Å². The van der Waals surface area contributed by atoms with Gasteiger partial charge >= 0.3 is 0 Å². The monoisotopic (exact) mass is 339 g/mol. The fourth-order valence-corrected chi connectivity index (χ4v) is 2.58. The van der Waals surface area contributed by atoms with E-state index in [2.05, 4.69) is 25.4 Å². The maximum absolute atomic E-state index is 12.4. The molecule has 0 aromatic carbocycles. The molecule has 0 saturated heterocycles. The van der Waals surface area contributed by atoms with Gasteiger partial charge in [0, 0.05) is 23.1 Å². The predicted molar refractivity (Wildman–Crippen MR) is 93.7 cm³/mol. The van der Waals surface area contributed by atoms with Crippen molar-refractivity contribution in [3.8, 4) is 5.95 Å². The van der Waals surface area contributed by atoms with Gasteiger partial charge in [0.1, 0.15) is 12.4 Å². The van der Waals surface area contributed by atoms with Crippen LogP contribution in [-0.2, 0) is 11.3 Å². The average molecular weight is 339 g/mol. The number of imidazole rings is 1. The first-order valence-corrected chi connectivity index (χ1v) is 8.01. The van der Waals surface area contributed by atoms with Gasteiger partial charge in [0.25, 0.3) is 5.95 Å². The highest BCUT2D eigenvalue weighted by molar-refractivity contribution is 5.90. The molecule has 0 aliphatic rings. The lowest BCUT2D eigenvalue weighted by atomic mass is 10.3. The number of amides is 1. The standard InChI is InChI=1S/C17H21N7O/c1-10-6-11(2)20-17(19-10)24-15(7-12(3)22-24)21-16(25)8-23-9-18-13(4)14(23)5/h6-7,9H,8H2,1-5H3,(H,21,25). The fourth-order valence-electron chi connectivity index (χ4n) is 2.58. The van der Waals surface area contributed by atoms with Gasteiger partial charge < -0.3 is 9.88 Å². The first-order chi connectivity index (χ1) is 11.8. The largest absolute Gasteiger partial charge is 0.325 e. The summed E-state index contributed by atoms with van der Waals surface area (Å²) in [5.41, 5.74) is 4.34. The Labute approximate surface area is 145 Å². The number of aromatic nitrogens is 6. The molecule has 8 heteroatoms. The molecule has 3 aromatic rings. The number of aryl methyl sites for hydroxylation is 4. The van der Waals surface area contributed by atoms with Gasteiger partial charge in [-0.2, -0.15) is 9.78 Å². The minimum absolute atomic E-state index is 0.161. The van der Waals surface area contributed by atoms with E-state index in [0.29, 0.717) is 11.8 Å². The van der Waals surface area contributed by atoms with Gasteiger partial charge in [0.2, 0.25) is 5.91 Å². The number of carbonyl (C=O) groups excluding carboxylic acids is 1. The van der Waals surface area contributed by atoms with E-state index in [1.165, 1.54) is 0 Å². The first-order valence-electron chi connectivity index (χ1n) is 8.01. The Morgan fingerprint density at radius 2 is 1.72 bits per heavy atom. The van der Waals surface area contributed by atoms with Gasteiger partial charge in [-0.15, -0.1) is 0 Å². The second kappa shape index (κ2) is 6.46. The smallest absolute Gasteiger partial charge is 0.252 e. The molecule has 0 atom stereocenters. The summed E-state index contributed by atoms with van der Waals surface area (Å²) < 4.78 is 3.37. The van der Waals surface area contributed by atoms with Crippen LogP contribution in [0.2, 0.25) is 0 Å². The third kappa shape index (κ3) is 3.57. The van der Waals surface area contributed by atoms with E-state index < -0.39 is 0 Å². The van der Waals surface area contributed by atoms with Gasteiger partial charge in [-0.1, -0.05) is 0 Å². The Bertz CT molecular complexity index is 918. The molecular formula is C17H21N7O. The molecule has 0 saturated carbocycles. The minimum atomic E-state index is -0.161. The Morgan fingerprint density at radius 1 is 1.04 bits per heavy atom. The second-order valence-electron chi connectivity index (χ2n) is 6.12. The Balaban J connectivity index is 1.86. The predicted octanol–water partition coefficient (Wildman–Crippen LogP) is 2.04. The molecule has 3 rings (SSSR count). The number of nitrogens with one attached hydrogen (secondary N) is 1. The second-order valence-corrected chi connectivity index (χ2v) is 6.12. The molecule has 8 nitrogen and oxygen atoms in total. The molecule has 130 valence electrons. The first kappa shape index (κ1) is 16.8. The summed E-state index contributed by atoms with van der Waals surface area (Å²) in [6.45, 7) is 9.70. The zero-order valence-electron chi connectivity index (χ0n) is 15.0. The van der Waals surface area contributed by atoms with Crippen molar-refractivity contribution in [2.45, 2.75) is 41.2 Å². The number of nitrogens with zero attached hydrogens (tertiary/aromatic N) is 6. The minimum Gasteiger partial charge on any atom is -0.325 e. The summed E-state index contributed by atoms with van der Waals surface area (Å²) in [6, 6.07) is 3.69. The van der Waals surface area contributed by atoms with Gasteiger partial charge in [0.15, 0.2) is 0 Å². The van der Waals surface area contributed by atoms with E-state index in [1.807, 2.05) is 45.3 Å². The number of hydrogen-bond acceptors (Lipinski definition) is 5. The van der Waals surface area contributed by atoms with E-state index in [0.717, 1.165) is 28.5 Å². The quantitative estimate of drug-likeness (QED) is 0.785. The van der Waals surface area contributed by atoms with Crippen LogP contribution in [0.25, 0.3) is 5.95 Å². The van der Waals surface area contributed by atoms with E-state index in [9.17, 15) is 4.79 Å². The van der Waals surface area contributed by atoms with Crippen LogP contribution in [0.3, 0.4) is 0 Å². The summed E-state index contributed by atoms with van der Waals surface area (Å²) in [7, 11) is 0. The van der Waals surface area contributed by atoms with Crippen LogP contribution in [0, 0.1) is 34.6 Å². The van der Waals surface area contributed by atoms with Crippen molar-refractivity contribution >= 4 is 11.7 Å². The third-order valence-electron chi connectivity index (χ3n) is 3.92. The SMILES string of the molecule is Cc1cc(C)nc(-n2nc(C)cc2NC(=O)Cn2cnc(C)c2C)n1. The summed E-state index contributed by atoms with van der Waals surface area (Å²) in [5, 5.41) is 7.29. The van der Waals surface area contributed by atoms with Crippen molar-refractivity contribution in [2.75, 3.05) is 5.32 Å². The zero-order chi connectivity index (χ0) is 18.1. The lowest BCUT2D eigenvalue weighted by Crippen LogP contribution is -2.21. The number of anilines is 1. The topological polar surface area (TPSA) is 90.5 Å². The van der Waals surface area contributed by atoms with Crippen molar-refractivity contribution in [3.63, 3.8) is 0 Å². The highest BCUT2D eigenvalue weighted by atomic mass is 16.2. The van der Waals surface area contributed by atoms with Crippen LogP contribution >= 0.6 is 0 Å². The normalized spacial score (nSPS) is 10.9. The molecule has 3 aromatic heterocycles. The highest BCUT2D eigenvalue weighted by Gasteiger charge is 2.14. The molecule has 1 amide bonds.